The van der Waals surface area contributed by atoms with Gasteiger partial charge in [0.05, 0.1) is 6.04 Å². The van der Waals surface area contributed by atoms with Crippen LogP contribution in [-0.4, -0.2) is 26.1 Å². The van der Waals surface area contributed by atoms with Crippen LogP contribution in [0.2, 0.25) is 0 Å². The number of nitrogens with zero attached hydrogens (tertiary/aromatic N) is 4. The summed E-state index contributed by atoms with van der Waals surface area (Å²) in [6.07, 6.45) is 6.34. The molecule has 0 spiro atoms. The third-order valence-electron chi connectivity index (χ3n) is 5.19. The van der Waals surface area contributed by atoms with Crippen molar-refractivity contribution >= 4 is 5.91 Å². The number of carbonyl (C=O) groups excluding carboxylic acids is 1. The molecule has 2 aromatic carbocycles. The van der Waals surface area contributed by atoms with E-state index in [4.69, 9.17) is 0 Å². The lowest BCUT2D eigenvalue weighted by atomic mass is 9.98. The lowest BCUT2D eigenvalue weighted by Gasteiger charge is -2.23. The van der Waals surface area contributed by atoms with E-state index in [0.29, 0.717) is 6.42 Å². The van der Waals surface area contributed by atoms with Crippen molar-refractivity contribution < 1.29 is 4.79 Å². The summed E-state index contributed by atoms with van der Waals surface area (Å²) in [5.74, 6) is -0.0483. The molecule has 0 radical (unpaired) electrons. The fourth-order valence-corrected chi connectivity index (χ4v) is 3.79. The second-order valence-electron chi connectivity index (χ2n) is 7.00. The normalized spacial score (nSPS) is 17.6. The van der Waals surface area contributed by atoms with E-state index in [1.165, 1.54) is 17.5 Å². The number of benzene rings is 2. The molecule has 138 valence electrons. The van der Waals surface area contributed by atoms with Crippen molar-refractivity contribution in [3.05, 3.63) is 77.6 Å². The minimum Gasteiger partial charge on any atom is -0.347 e. The fraction of sp³-hybridized carbons (Fsp3) is 0.333. The number of fused-ring (bicyclic) bond motifs is 1. The highest BCUT2D eigenvalue weighted by Gasteiger charge is 2.27. The molecule has 1 aromatic heterocycles. The maximum atomic E-state index is 13.2. The molecule has 0 saturated carbocycles. The second-order valence-corrected chi connectivity index (χ2v) is 7.00. The van der Waals surface area contributed by atoms with Crippen LogP contribution in [0.4, 0.5) is 0 Å². The molecule has 0 saturated heterocycles. The Kier molecular flexibility index (Phi) is 5.23. The molecule has 0 fully saturated rings. The van der Waals surface area contributed by atoms with Gasteiger partial charge in [0.15, 0.2) is 0 Å². The van der Waals surface area contributed by atoms with Crippen LogP contribution in [0.3, 0.4) is 0 Å². The van der Waals surface area contributed by atoms with Crippen LogP contribution < -0.4 is 5.32 Å². The molecule has 1 aliphatic carbocycles. The zero-order valence-electron chi connectivity index (χ0n) is 15.2. The van der Waals surface area contributed by atoms with Gasteiger partial charge < -0.3 is 5.32 Å². The molecule has 27 heavy (non-hydrogen) atoms. The molecule has 3 aromatic rings. The molecule has 0 unspecified atom stereocenters. The molecule has 1 heterocycles. The number of hydrogen-bond acceptors (Lipinski definition) is 4. The highest BCUT2D eigenvalue weighted by molar-refractivity contribution is 5.81. The molecule has 6 heteroatoms. The van der Waals surface area contributed by atoms with Crippen LogP contribution in [0, 0.1) is 0 Å². The van der Waals surface area contributed by atoms with Gasteiger partial charge in [-0.1, -0.05) is 61.0 Å². The average molecular weight is 361 g/mol. The second kappa shape index (κ2) is 8.12. The van der Waals surface area contributed by atoms with E-state index in [9.17, 15) is 4.79 Å². The Hall–Kier alpha value is -3.02. The van der Waals surface area contributed by atoms with E-state index in [1.807, 2.05) is 36.4 Å². The van der Waals surface area contributed by atoms with E-state index in [1.54, 1.807) is 4.68 Å². The van der Waals surface area contributed by atoms with Crippen LogP contribution in [0.5, 0.6) is 0 Å². The predicted octanol–water partition coefficient (Wildman–Crippen LogP) is 3.04. The Bertz CT molecular complexity index is 879. The standard InChI is InChI=1S/C21H23N5O/c27-21(23-19-13-7-5-11-17-10-4-6-12-18(17)19)20(26-15-22-24-25-26)14-16-8-2-1-3-9-16/h1-4,6,8-10,12,15,19-20H,5,7,11,13-14H2,(H,23,27)/t19-,20-/m1/s1. The number of nitrogens with one attached hydrogen (secondary N) is 1. The van der Waals surface area contributed by atoms with Crippen LogP contribution >= 0.6 is 0 Å². The van der Waals surface area contributed by atoms with Gasteiger partial charge in [-0.15, -0.1) is 5.10 Å². The Morgan fingerprint density at radius 1 is 1.11 bits per heavy atom. The lowest BCUT2D eigenvalue weighted by molar-refractivity contribution is -0.125. The first-order valence-electron chi connectivity index (χ1n) is 9.46. The topological polar surface area (TPSA) is 72.7 Å². The lowest BCUT2D eigenvalue weighted by Crippen LogP contribution is -2.37. The molecular formula is C21H23N5O. The number of aromatic nitrogens is 4. The van der Waals surface area contributed by atoms with E-state index >= 15 is 0 Å². The Labute approximate surface area is 158 Å². The van der Waals surface area contributed by atoms with Crippen molar-refractivity contribution in [2.75, 3.05) is 0 Å². The number of hydrogen-bond donors (Lipinski definition) is 1. The average Bonchev–Trinajstić information content (AvgIpc) is 3.16. The number of carbonyl (C=O) groups is 1. The largest absolute Gasteiger partial charge is 0.347 e. The summed E-state index contributed by atoms with van der Waals surface area (Å²) in [6, 6.07) is 17.9. The van der Waals surface area contributed by atoms with Gasteiger partial charge in [0.1, 0.15) is 12.4 Å². The van der Waals surface area contributed by atoms with E-state index < -0.39 is 6.04 Å². The maximum absolute atomic E-state index is 13.2. The molecule has 1 aliphatic rings. The minimum atomic E-state index is -0.474. The summed E-state index contributed by atoms with van der Waals surface area (Å²) in [6.45, 7) is 0. The van der Waals surface area contributed by atoms with Crippen molar-refractivity contribution in [3.8, 4) is 0 Å². The van der Waals surface area contributed by atoms with Crippen LogP contribution in [0.25, 0.3) is 0 Å². The number of aryl methyl sites for hydroxylation is 1. The third kappa shape index (κ3) is 4.05. The maximum Gasteiger partial charge on any atom is 0.245 e. The molecular weight excluding hydrogens is 338 g/mol. The predicted molar refractivity (Wildman–Crippen MR) is 102 cm³/mol. The van der Waals surface area contributed by atoms with Gasteiger partial charge in [-0.25, -0.2) is 4.68 Å². The van der Waals surface area contributed by atoms with Gasteiger partial charge in [0.2, 0.25) is 5.91 Å². The quantitative estimate of drug-likeness (QED) is 0.709. The molecule has 0 aliphatic heterocycles. The smallest absolute Gasteiger partial charge is 0.245 e. The molecule has 1 amide bonds. The van der Waals surface area contributed by atoms with Gasteiger partial charge in [-0.3, -0.25) is 4.79 Å². The Balaban J connectivity index is 1.57. The molecule has 6 nitrogen and oxygen atoms in total. The minimum absolute atomic E-state index is 0.0333. The zero-order valence-corrected chi connectivity index (χ0v) is 15.2. The zero-order chi connectivity index (χ0) is 18.5. The van der Waals surface area contributed by atoms with Crippen LogP contribution in [-0.2, 0) is 17.6 Å². The summed E-state index contributed by atoms with van der Waals surface area (Å²) in [7, 11) is 0. The number of amides is 1. The van der Waals surface area contributed by atoms with E-state index in [-0.39, 0.29) is 11.9 Å². The Morgan fingerprint density at radius 3 is 2.74 bits per heavy atom. The summed E-state index contributed by atoms with van der Waals surface area (Å²) < 4.78 is 1.55. The first-order chi connectivity index (χ1) is 13.3. The monoisotopic (exact) mass is 361 g/mol. The summed E-state index contributed by atoms with van der Waals surface area (Å²) in [5, 5.41) is 14.7. The number of rotatable bonds is 5. The molecule has 2 atom stereocenters. The summed E-state index contributed by atoms with van der Waals surface area (Å²) in [5.41, 5.74) is 3.65. The van der Waals surface area contributed by atoms with Gasteiger partial charge >= 0.3 is 0 Å². The van der Waals surface area contributed by atoms with Crippen molar-refractivity contribution in [2.24, 2.45) is 0 Å². The molecule has 0 bridgehead atoms. The Morgan fingerprint density at radius 2 is 1.93 bits per heavy atom. The first kappa shape index (κ1) is 17.4. The van der Waals surface area contributed by atoms with E-state index in [0.717, 1.165) is 31.2 Å². The van der Waals surface area contributed by atoms with Crippen molar-refractivity contribution in [1.29, 1.82) is 0 Å². The summed E-state index contributed by atoms with van der Waals surface area (Å²) in [4.78, 5) is 13.2. The highest BCUT2D eigenvalue weighted by Crippen LogP contribution is 2.29. The van der Waals surface area contributed by atoms with Crippen LogP contribution in [0.15, 0.2) is 60.9 Å². The number of tetrazole rings is 1. The van der Waals surface area contributed by atoms with Crippen molar-refractivity contribution in [3.63, 3.8) is 0 Å². The van der Waals surface area contributed by atoms with Gasteiger partial charge in [0.25, 0.3) is 0 Å². The van der Waals surface area contributed by atoms with Crippen molar-refractivity contribution in [2.45, 2.75) is 44.2 Å². The molecule has 4 rings (SSSR count). The van der Waals surface area contributed by atoms with Gasteiger partial charge in [-0.2, -0.15) is 0 Å². The van der Waals surface area contributed by atoms with Crippen LogP contribution in [0.1, 0.15) is 48.0 Å². The fourth-order valence-electron chi connectivity index (χ4n) is 3.79. The summed E-state index contributed by atoms with van der Waals surface area (Å²) >= 11 is 0. The highest BCUT2D eigenvalue weighted by atomic mass is 16.2. The molecule has 1 N–H and O–H groups in total. The van der Waals surface area contributed by atoms with E-state index in [2.05, 4.69) is 39.0 Å². The SMILES string of the molecule is O=C(N[C@@H]1CCCCc2ccccc21)[C@@H](Cc1ccccc1)n1cnnn1. The first-order valence-corrected chi connectivity index (χ1v) is 9.46. The van der Waals surface area contributed by atoms with Gasteiger partial charge in [0, 0.05) is 6.42 Å². The van der Waals surface area contributed by atoms with Crippen molar-refractivity contribution in [1.82, 2.24) is 25.5 Å². The third-order valence-corrected chi connectivity index (χ3v) is 5.19. The van der Waals surface area contributed by atoms with Gasteiger partial charge in [-0.05, 0) is 46.4 Å².